The van der Waals surface area contributed by atoms with E-state index in [1.54, 1.807) is 0 Å². The molecule has 0 heterocycles. The van der Waals surface area contributed by atoms with Gasteiger partial charge in [0, 0.05) is 19.3 Å². The summed E-state index contributed by atoms with van der Waals surface area (Å²) < 4.78 is 16.8. The molecule has 0 aliphatic carbocycles. The average Bonchev–Trinajstić information content (AvgIpc) is 3.47. The van der Waals surface area contributed by atoms with Crippen molar-refractivity contribution in [1.29, 1.82) is 0 Å². The first-order chi connectivity index (χ1) is 40.0. The zero-order chi connectivity index (χ0) is 58.5. The Kier molecular flexibility index (Phi) is 66.2. The van der Waals surface area contributed by atoms with Crippen LogP contribution in [0.25, 0.3) is 0 Å². The number of rotatable bonds is 64. The van der Waals surface area contributed by atoms with Crippen molar-refractivity contribution in [2.75, 3.05) is 13.2 Å². The Bertz CT molecular complexity index is 1530. The quantitative estimate of drug-likeness (QED) is 0.0261. The van der Waals surface area contributed by atoms with Crippen LogP contribution in [0.4, 0.5) is 0 Å². The van der Waals surface area contributed by atoms with E-state index < -0.39 is 6.10 Å². The molecule has 0 aliphatic heterocycles. The molecule has 0 amide bonds. The zero-order valence-corrected chi connectivity index (χ0v) is 53.8. The molecule has 0 fully saturated rings. The van der Waals surface area contributed by atoms with Crippen LogP contribution in [-0.4, -0.2) is 37.2 Å². The van der Waals surface area contributed by atoms with Gasteiger partial charge < -0.3 is 14.2 Å². The van der Waals surface area contributed by atoms with Gasteiger partial charge in [-0.05, 0) is 96.3 Å². The van der Waals surface area contributed by atoms with Crippen LogP contribution in [0.3, 0.4) is 0 Å². The van der Waals surface area contributed by atoms with E-state index in [4.69, 9.17) is 14.2 Å². The summed E-state index contributed by atoms with van der Waals surface area (Å²) in [5, 5.41) is 0. The lowest BCUT2D eigenvalue weighted by molar-refractivity contribution is -0.167. The van der Waals surface area contributed by atoms with Crippen LogP contribution in [0.5, 0.6) is 0 Å². The molecule has 0 aromatic rings. The van der Waals surface area contributed by atoms with Gasteiger partial charge in [0.2, 0.25) is 0 Å². The number of carbonyl (C=O) groups is 3. The van der Waals surface area contributed by atoms with Gasteiger partial charge in [0.05, 0.1) is 0 Å². The van der Waals surface area contributed by atoms with Gasteiger partial charge in [0.15, 0.2) is 6.10 Å². The topological polar surface area (TPSA) is 78.9 Å². The number of carbonyl (C=O) groups excluding carboxylic acids is 3. The number of hydrogen-bond donors (Lipinski definition) is 0. The highest BCUT2D eigenvalue weighted by Gasteiger charge is 2.19. The van der Waals surface area contributed by atoms with E-state index in [2.05, 4.69) is 106 Å². The second kappa shape index (κ2) is 69.1. The van der Waals surface area contributed by atoms with Crippen molar-refractivity contribution < 1.29 is 28.6 Å². The fraction of sp³-hybridized carbons (Fsp3) is 0.773. The standard InChI is InChI=1S/C75H132O6/c1-4-7-10-13-15-17-19-21-23-25-27-29-31-32-33-34-35-36-37-38-39-40-41-42-44-45-47-49-51-53-55-57-59-62-65-68-74(77)80-71-72(70-79-73(76)67-64-61-12-9-6-3)81-75(78)69-66-63-60-58-56-54-52-50-48-46-43-30-28-26-24-22-20-18-16-14-11-8-5-2/h7,10,15,17,20-23,26-29,43,46,72H,4-6,8-9,11-14,16,18-19,24-25,30-42,44-45,47-71H2,1-3H3/b10-7-,17-15-,22-20-,23-21-,28-26-,29-27-,46-43-. The predicted molar refractivity (Wildman–Crippen MR) is 353 cm³/mol. The van der Waals surface area contributed by atoms with E-state index in [1.807, 2.05) is 0 Å². The van der Waals surface area contributed by atoms with Crippen molar-refractivity contribution in [3.8, 4) is 0 Å². The summed E-state index contributed by atoms with van der Waals surface area (Å²) in [6.45, 7) is 6.47. The van der Waals surface area contributed by atoms with E-state index in [0.717, 1.165) is 109 Å². The maximum Gasteiger partial charge on any atom is 0.306 e. The lowest BCUT2D eigenvalue weighted by Crippen LogP contribution is -2.30. The Balaban J connectivity index is 3.93. The zero-order valence-electron chi connectivity index (χ0n) is 53.8. The molecule has 0 aromatic heterocycles. The Hall–Kier alpha value is -3.41. The molecule has 0 aliphatic rings. The molecule has 468 valence electrons. The third-order valence-corrected chi connectivity index (χ3v) is 15.4. The highest BCUT2D eigenvalue weighted by molar-refractivity contribution is 5.71. The van der Waals surface area contributed by atoms with Crippen molar-refractivity contribution in [1.82, 2.24) is 0 Å². The number of esters is 3. The normalized spacial score (nSPS) is 12.6. The molecule has 0 saturated carbocycles. The van der Waals surface area contributed by atoms with Crippen LogP contribution >= 0.6 is 0 Å². The molecular weight excluding hydrogens is 997 g/mol. The van der Waals surface area contributed by atoms with Gasteiger partial charge in [-0.15, -0.1) is 0 Å². The maximum absolute atomic E-state index is 12.8. The van der Waals surface area contributed by atoms with E-state index in [-0.39, 0.29) is 31.1 Å². The molecule has 6 heteroatoms. The van der Waals surface area contributed by atoms with Crippen LogP contribution in [0, 0.1) is 0 Å². The molecule has 1 unspecified atom stereocenters. The first kappa shape index (κ1) is 77.6. The molecule has 1 atom stereocenters. The fourth-order valence-electron chi connectivity index (χ4n) is 10.2. The second-order valence-electron chi connectivity index (χ2n) is 23.4. The monoisotopic (exact) mass is 1130 g/mol. The molecule has 6 nitrogen and oxygen atoms in total. The van der Waals surface area contributed by atoms with Gasteiger partial charge in [-0.25, -0.2) is 0 Å². The summed E-state index contributed by atoms with van der Waals surface area (Å²) in [6, 6.07) is 0. The van der Waals surface area contributed by atoms with Crippen molar-refractivity contribution >= 4 is 17.9 Å². The van der Waals surface area contributed by atoms with E-state index >= 15 is 0 Å². The molecule has 0 rings (SSSR count). The van der Waals surface area contributed by atoms with Crippen LogP contribution in [0.15, 0.2) is 85.1 Å². The van der Waals surface area contributed by atoms with E-state index in [0.29, 0.717) is 19.3 Å². The van der Waals surface area contributed by atoms with E-state index in [9.17, 15) is 14.4 Å². The lowest BCUT2D eigenvalue weighted by Gasteiger charge is -2.18. The minimum Gasteiger partial charge on any atom is -0.462 e. The summed E-state index contributed by atoms with van der Waals surface area (Å²) in [4.78, 5) is 38.0. The molecule has 0 bridgehead atoms. The molecule has 0 aromatic carbocycles. The predicted octanol–water partition coefficient (Wildman–Crippen LogP) is 24.2. The number of allylic oxidation sites excluding steroid dienone is 14. The van der Waals surface area contributed by atoms with Crippen molar-refractivity contribution in [2.45, 2.75) is 361 Å². The fourth-order valence-corrected chi connectivity index (χ4v) is 10.2. The molecule has 0 radical (unpaired) electrons. The van der Waals surface area contributed by atoms with Crippen LogP contribution < -0.4 is 0 Å². The van der Waals surface area contributed by atoms with Gasteiger partial charge in [-0.2, -0.15) is 0 Å². The summed E-state index contributed by atoms with van der Waals surface area (Å²) >= 11 is 0. The second-order valence-corrected chi connectivity index (χ2v) is 23.4. The largest absolute Gasteiger partial charge is 0.462 e. The first-order valence-electron chi connectivity index (χ1n) is 35.1. The van der Waals surface area contributed by atoms with Gasteiger partial charge >= 0.3 is 17.9 Å². The number of unbranched alkanes of at least 4 members (excludes halogenated alkanes) is 39. The van der Waals surface area contributed by atoms with Gasteiger partial charge in [0.25, 0.3) is 0 Å². The average molecular weight is 1130 g/mol. The van der Waals surface area contributed by atoms with E-state index in [1.165, 1.54) is 205 Å². The third kappa shape index (κ3) is 67.3. The van der Waals surface area contributed by atoms with Crippen LogP contribution in [0.1, 0.15) is 355 Å². The summed E-state index contributed by atoms with van der Waals surface area (Å²) in [5.41, 5.74) is 0. The smallest absolute Gasteiger partial charge is 0.306 e. The molecule has 0 spiro atoms. The third-order valence-electron chi connectivity index (χ3n) is 15.4. The highest BCUT2D eigenvalue weighted by atomic mass is 16.6. The van der Waals surface area contributed by atoms with Crippen molar-refractivity contribution in [2.24, 2.45) is 0 Å². The summed E-state index contributed by atoms with van der Waals surface area (Å²) in [7, 11) is 0. The molecular formula is C75H132O6. The minimum absolute atomic E-state index is 0.0751. The molecule has 0 N–H and O–H groups in total. The number of ether oxygens (including phenoxy) is 3. The van der Waals surface area contributed by atoms with Crippen LogP contribution in [0.2, 0.25) is 0 Å². The minimum atomic E-state index is -0.775. The van der Waals surface area contributed by atoms with Crippen molar-refractivity contribution in [3.63, 3.8) is 0 Å². The Morgan fingerprint density at radius 1 is 0.259 bits per heavy atom. The van der Waals surface area contributed by atoms with Crippen LogP contribution in [-0.2, 0) is 28.6 Å². The summed E-state index contributed by atoms with van der Waals surface area (Å²) in [6.07, 6.45) is 92.4. The number of hydrogen-bond acceptors (Lipinski definition) is 6. The lowest BCUT2D eigenvalue weighted by atomic mass is 10.0. The Morgan fingerprint density at radius 3 is 0.753 bits per heavy atom. The summed E-state index contributed by atoms with van der Waals surface area (Å²) in [5.74, 6) is -0.880. The van der Waals surface area contributed by atoms with Crippen molar-refractivity contribution in [3.05, 3.63) is 85.1 Å². The Labute approximate surface area is 503 Å². The van der Waals surface area contributed by atoms with Gasteiger partial charge in [-0.3, -0.25) is 14.4 Å². The molecule has 81 heavy (non-hydrogen) atoms. The van der Waals surface area contributed by atoms with Gasteiger partial charge in [-0.1, -0.05) is 324 Å². The SMILES string of the molecule is CC/C=C\C/C=C\C/C=C\C/C=C\CCCCCCCCCCCCCCCCCCCCCCCCC(=O)OCC(COC(=O)CCCCCCC)OC(=O)CCCCCCCCCC/C=C\C/C=C\C/C=C\CCCCCCC. The van der Waals surface area contributed by atoms with Gasteiger partial charge in [0.1, 0.15) is 13.2 Å². The Morgan fingerprint density at radius 2 is 0.481 bits per heavy atom. The highest BCUT2D eigenvalue weighted by Crippen LogP contribution is 2.18. The molecule has 0 saturated heterocycles. The first-order valence-corrected chi connectivity index (χ1v) is 35.1. The maximum atomic E-state index is 12.8.